The van der Waals surface area contributed by atoms with Crippen molar-refractivity contribution in [1.29, 1.82) is 0 Å². The van der Waals surface area contributed by atoms with Crippen LogP contribution < -0.4 is 5.32 Å². The van der Waals surface area contributed by atoms with Gasteiger partial charge < -0.3 is 5.32 Å². The molecule has 1 atom stereocenters. The van der Waals surface area contributed by atoms with Crippen LogP contribution in [0.2, 0.25) is 5.02 Å². The molecule has 0 fully saturated rings. The van der Waals surface area contributed by atoms with Crippen LogP contribution in [0.1, 0.15) is 52.0 Å². The summed E-state index contributed by atoms with van der Waals surface area (Å²) in [4.78, 5) is 13.9. The number of halogens is 1. The molecular formula is C25H26ClNOS. The van der Waals surface area contributed by atoms with Crippen LogP contribution in [0.15, 0.2) is 71.6 Å². The second-order valence-corrected chi connectivity index (χ2v) is 8.70. The van der Waals surface area contributed by atoms with E-state index in [9.17, 15) is 4.79 Å². The lowest BCUT2D eigenvalue weighted by Gasteiger charge is -2.19. The van der Waals surface area contributed by atoms with Gasteiger partial charge in [0.1, 0.15) is 0 Å². The number of nitrogens with one attached hydrogen (secondary N) is 1. The molecular weight excluding hydrogens is 398 g/mol. The molecule has 1 amide bonds. The van der Waals surface area contributed by atoms with Gasteiger partial charge in [0.05, 0.1) is 6.04 Å². The summed E-state index contributed by atoms with van der Waals surface area (Å²) < 4.78 is 0. The van der Waals surface area contributed by atoms with Crippen molar-refractivity contribution < 1.29 is 4.79 Å². The molecule has 0 aliphatic heterocycles. The van der Waals surface area contributed by atoms with E-state index >= 15 is 0 Å². The number of aryl methyl sites for hydroxylation is 2. The van der Waals surface area contributed by atoms with Crippen molar-refractivity contribution >= 4 is 29.3 Å². The minimum Gasteiger partial charge on any atom is -0.345 e. The van der Waals surface area contributed by atoms with Gasteiger partial charge in [-0.15, -0.1) is 11.8 Å². The average molecular weight is 424 g/mol. The first-order valence-electron chi connectivity index (χ1n) is 9.81. The van der Waals surface area contributed by atoms with Gasteiger partial charge in [-0.3, -0.25) is 4.79 Å². The summed E-state index contributed by atoms with van der Waals surface area (Å²) in [5.41, 5.74) is 5.54. The molecule has 0 unspecified atom stereocenters. The second-order valence-electron chi connectivity index (χ2n) is 7.22. The van der Waals surface area contributed by atoms with Gasteiger partial charge in [-0.25, -0.2) is 0 Å². The molecule has 0 heterocycles. The molecule has 0 bridgehead atoms. The highest BCUT2D eigenvalue weighted by molar-refractivity contribution is 7.98. The van der Waals surface area contributed by atoms with Crippen molar-refractivity contribution in [3.8, 4) is 0 Å². The lowest BCUT2D eigenvalue weighted by atomic mass is 9.99. The Morgan fingerprint density at radius 3 is 2.28 bits per heavy atom. The van der Waals surface area contributed by atoms with Gasteiger partial charge in [0.25, 0.3) is 5.91 Å². The Labute approximate surface area is 182 Å². The second kappa shape index (κ2) is 10.00. The Bertz CT molecular complexity index is 967. The number of thioether (sulfide) groups is 1. The van der Waals surface area contributed by atoms with E-state index < -0.39 is 0 Å². The Kier molecular flexibility index (Phi) is 7.40. The molecule has 0 saturated heterocycles. The van der Waals surface area contributed by atoms with E-state index in [1.54, 1.807) is 11.8 Å². The minimum atomic E-state index is -0.0352. The largest absolute Gasteiger partial charge is 0.345 e. The fraction of sp³-hybridized carbons (Fsp3) is 0.240. The summed E-state index contributed by atoms with van der Waals surface area (Å²) in [6.07, 6.45) is 0.851. The Morgan fingerprint density at radius 2 is 1.66 bits per heavy atom. The molecule has 150 valence electrons. The van der Waals surface area contributed by atoms with Gasteiger partial charge in [0.2, 0.25) is 0 Å². The van der Waals surface area contributed by atoms with Crippen LogP contribution in [-0.4, -0.2) is 5.91 Å². The predicted molar refractivity (Wildman–Crippen MR) is 124 cm³/mol. The van der Waals surface area contributed by atoms with Crippen LogP contribution in [-0.2, 0) is 5.75 Å². The SMILES string of the molecule is CC[C@@H](NC(=O)c1ccc(CSc2ccc(Cl)cc2)cc1)c1ccc(C)c(C)c1. The number of amides is 1. The van der Waals surface area contributed by atoms with Crippen LogP contribution in [0.25, 0.3) is 0 Å². The molecule has 4 heteroatoms. The first-order valence-corrected chi connectivity index (χ1v) is 11.2. The third kappa shape index (κ3) is 5.88. The summed E-state index contributed by atoms with van der Waals surface area (Å²) in [6.45, 7) is 6.30. The quantitative estimate of drug-likeness (QED) is 0.409. The molecule has 0 spiro atoms. The number of hydrogen-bond donors (Lipinski definition) is 1. The highest BCUT2D eigenvalue weighted by Gasteiger charge is 2.14. The van der Waals surface area contributed by atoms with E-state index in [1.807, 2.05) is 48.5 Å². The highest BCUT2D eigenvalue weighted by atomic mass is 35.5. The Balaban J connectivity index is 1.61. The lowest BCUT2D eigenvalue weighted by Crippen LogP contribution is -2.28. The fourth-order valence-electron chi connectivity index (χ4n) is 3.09. The molecule has 2 nitrogen and oxygen atoms in total. The zero-order valence-corrected chi connectivity index (χ0v) is 18.6. The zero-order chi connectivity index (χ0) is 20.8. The van der Waals surface area contributed by atoms with Crippen molar-refractivity contribution in [2.24, 2.45) is 0 Å². The number of benzene rings is 3. The van der Waals surface area contributed by atoms with E-state index in [1.165, 1.54) is 21.6 Å². The number of hydrogen-bond acceptors (Lipinski definition) is 2. The molecule has 0 aliphatic rings. The topological polar surface area (TPSA) is 29.1 Å². The maximum absolute atomic E-state index is 12.7. The Morgan fingerprint density at radius 1 is 0.966 bits per heavy atom. The molecule has 0 radical (unpaired) electrons. The zero-order valence-electron chi connectivity index (χ0n) is 17.0. The van der Waals surface area contributed by atoms with E-state index in [4.69, 9.17) is 11.6 Å². The maximum Gasteiger partial charge on any atom is 0.251 e. The molecule has 0 saturated carbocycles. The number of carbonyl (C=O) groups excluding carboxylic acids is 1. The van der Waals surface area contributed by atoms with Gasteiger partial charge in [0.15, 0.2) is 0 Å². The molecule has 3 aromatic rings. The summed E-state index contributed by atoms with van der Waals surface area (Å²) in [6, 6.07) is 22.1. The predicted octanol–water partition coefficient (Wildman–Crippen LogP) is 7.13. The first-order chi connectivity index (χ1) is 14.0. The van der Waals surface area contributed by atoms with Crippen molar-refractivity contribution in [1.82, 2.24) is 5.32 Å². The molecule has 3 rings (SSSR count). The standard InChI is InChI=1S/C25H26ClNOS/c1-4-24(21-8-5-17(2)18(3)15-21)27-25(28)20-9-6-19(7-10-20)16-29-23-13-11-22(26)12-14-23/h5-15,24H,4,16H2,1-3H3,(H,27,28)/t24-/m1/s1. The van der Waals surface area contributed by atoms with Crippen LogP contribution in [0.5, 0.6) is 0 Å². The summed E-state index contributed by atoms with van der Waals surface area (Å²) >= 11 is 7.68. The van der Waals surface area contributed by atoms with Crippen LogP contribution >= 0.6 is 23.4 Å². The van der Waals surface area contributed by atoms with Crippen LogP contribution in [0, 0.1) is 13.8 Å². The number of carbonyl (C=O) groups is 1. The van der Waals surface area contributed by atoms with E-state index in [2.05, 4.69) is 44.3 Å². The monoisotopic (exact) mass is 423 g/mol. The van der Waals surface area contributed by atoms with Crippen molar-refractivity contribution in [3.63, 3.8) is 0 Å². The third-order valence-corrected chi connectivity index (χ3v) is 6.42. The number of rotatable bonds is 7. The lowest BCUT2D eigenvalue weighted by molar-refractivity contribution is 0.0935. The van der Waals surface area contributed by atoms with E-state index in [-0.39, 0.29) is 11.9 Å². The third-order valence-electron chi connectivity index (χ3n) is 5.08. The van der Waals surface area contributed by atoms with Crippen molar-refractivity contribution in [3.05, 3.63) is 99.6 Å². The molecule has 0 aliphatic carbocycles. The van der Waals surface area contributed by atoms with Gasteiger partial charge >= 0.3 is 0 Å². The average Bonchev–Trinajstić information content (AvgIpc) is 2.74. The van der Waals surface area contributed by atoms with Gasteiger partial charge in [-0.2, -0.15) is 0 Å². The van der Waals surface area contributed by atoms with Gasteiger partial charge in [-0.05, 0) is 78.9 Å². The first kappa shape index (κ1) is 21.5. The molecule has 1 N–H and O–H groups in total. The minimum absolute atomic E-state index is 0.0157. The van der Waals surface area contributed by atoms with E-state index in [0.717, 1.165) is 22.8 Å². The molecule has 0 aromatic heterocycles. The summed E-state index contributed by atoms with van der Waals surface area (Å²) in [5.74, 6) is 0.816. The highest BCUT2D eigenvalue weighted by Crippen LogP contribution is 2.25. The summed E-state index contributed by atoms with van der Waals surface area (Å²) in [7, 11) is 0. The van der Waals surface area contributed by atoms with Crippen molar-refractivity contribution in [2.75, 3.05) is 0 Å². The van der Waals surface area contributed by atoms with Crippen LogP contribution in [0.3, 0.4) is 0 Å². The fourth-order valence-corrected chi connectivity index (χ4v) is 4.07. The maximum atomic E-state index is 12.7. The molecule has 29 heavy (non-hydrogen) atoms. The van der Waals surface area contributed by atoms with Gasteiger partial charge in [-0.1, -0.05) is 48.9 Å². The summed E-state index contributed by atoms with van der Waals surface area (Å²) in [5, 5.41) is 3.92. The normalized spacial score (nSPS) is 11.9. The molecule has 3 aromatic carbocycles. The Hall–Kier alpha value is -2.23. The smallest absolute Gasteiger partial charge is 0.251 e. The van der Waals surface area contributed by atoms with Crippen molar-refractivity contribution in [2.45, 2.75) is 43.9 Å². The van der Waals surface area contributed by atoms with E-state index in [0.29, 0.717) is 5.56 Å². The van der Waals surface area contributed by atoms with Crippen LogP contribution in [0.4, 0.5) is 0 Å². The van der Waals surface area contributed by atoms with Gasteiger partial charge in [0, 0.05) is 21.2 Å².